The molecule has 0 spiro atoms. The van der Waals surface area contributed by atoms with Gasteiger partial charge in [0.15, 0.2) is 5.82 Å². The second kappa shape index (κ2) is 4.88. The summed E-state index contributed by atoms with van der Waals surface area (Å²) >= 11 is 0. The van der Waals surface area contributed by atoms with Crippen molar-refractivity contribution < 1.29 is 14.2 Å². The van der Waals surface area contributed by atoms with Crippen LogP contribution in [0.3, 0.4) is 0 Å². The average Bonchev–Trinajstić information content (AvgIpc) is 2.78. The Morgan fingerprint density at radius 1 is 1.47 bits per heavy atom. The number of methoxy groups -OCH3 is 1. The number of nitrogens with zero attached hydrogens (tertiary/aromatic N) is 4. The SMILES string of the molecule is COc1ccc(F)cc1-n1nnc(CCO)n1. The molecule has 17 heavy (non-hydrogen) atoms. The molecule has 1 aromatic carbocycles. The Hall–Kier alpha value is -2.02. The maximum Gasteiger partial charge on any atom is 0.177 e. The fourth-order valence-electron chi connectivity index (χ4n) is 1.36. The third kappa shape index (κ3) is 2.39. The molecule has 2 aromatic rings. The molecule has 1 N–H and O–H groups in total. The highest BCUT2D eigenvalue weighted by Crippen LogP contribution is 2.21. The monoisotopic (exact) mass is 238 g/mol. The van der Waals surface area contributed by atoms with Crippen molar-refractivity contribution in [1.82, 2.24) is 20.2 Å². The van der Waals surface area contributed by atoms with Gasteiger partial charge in [-0.25, -0.2) is 4.39 Å². The Labute approximate surface area is 96.6 Å². The molecule has 0 fully saturated rings. The van der Waals surface area contributed by atoms with Gasteiger partial charge in [-0.1, -0.05) is 0 Å². The molecule has 0 bridgehead atoms. The van der Waals surface area contributed by atoms with Gasteiger partial charge in [-0.05, 0) is 17.3 Å². The normalized spacial score (nSPS) is 10.5. The highest BCUT2D eigenvalue weighted by Gasteiger charge is 2.10. The fraction of sp³-hybridized carbons (Fsp3) is 0.300. The largest absolute Gasteiger partial charge is 0.494 e. The minimum atomic E-state index is -0.415. The van der Waals surface area contributed by atoms with Crippen LogP contribution < -0.4 is 4.74 Å². The standard InChI is InChI=1S/C10H11FN4O2/c1-17-9-3-2-7(11)6-8(9)15-13-10(4-5-16)12-14-15/h2-3,6,16H,4-5H2,1H3. The summed E-state index contributed by atoms with van der Waals surface area (Å²) in [6.45, 7) is -0.0635. The zero-order chi connectivity index (χ0) is 12.3. The lowest BCUT2D eigenvalue weighted by molar-refractivity contribution is 0.296. The number of aliphatic hydroxyl groups excluding tert-OH is 1. The molecule has 0 radical (unpaired) electrons. The predicted octanol–water partition coefficient (Wildman–Crippen LogP) is 0.345. The number of benzene rings is 1. The Kier molecular flexibility index (Phi) is 3.29. The van der Waals surface area contributed by atoms with E-state index in [1.807, 2.05) is 0 Å². The molecule has 0 aliphatic rings. The lowest BCUT2D eigenvalue weighted by atomic mass is 10.3. The summed E-state index contributed by atoms with van der Waals surface area (Å²) in [5.41, 5.74) is 0.365. The van der Waals surface area contributed by atoms with Crippen LogP contribution in [0.4, 0.5) is 4.39 Å². The van der Waals surface area contributed by atoms with Crippen LogP contribution in [0.25, 0.3) is 5.69 Å². The van der Waals surface area contributed by atoms with Gasteiger partial charge in [0.1, 0.15) is 17.3 Å². The van der Waals surface area contributed by atoms with Gasteiger partial charge >= 0.3 is 0 Å². The molecule has 0 aliphatic heterocycles. The van der Waals surface area contributed by atoms with Gasteiger partial charge in [-0.2, -0.15) is 0 Å². The first-order chi connectivity index (χ1) is 8.24. The first-order valence-corrected chi connectivity index (χ1v) is 4.98. The van der Waals surface area contributed by atoms with E-state index in [9.17, 15) is 4.39 Å². The molecule has 2 rings (SSSR count). The van der Waals surface area contributed by atoms with Crippen LogP contribution >= 0.6 is 0 Å². The Bertz CT molecular complexity index is 515. The molecule has 7 heteroatoms. The summed E-state index contributed by atoms with van der Waals surface area (Å²) in [6.07, 6.45) is 0.303. The molecular formula is C10H11FN4O2. The molecule has 0 saturated heterocycles. The molecule has 0 aliphatic carbocycles. The van der Waals surface area contributed by atoms with E-state index in [1.165, 1.54) is 30.1 Å². The number of rotatable bonds is 4. The number of aliphatic hydroxyl groups is 1. The van der Waals surface area contributed by atoms with Crippen LogP contribution in [0.2, 0.25) is 0 Å². The van der Waals surface area contributed by atoms with E-state index in [0.717, 1.165) is 0 Å². The van der Waals surface area contributed by atoms with Gasteiger partial charge in [0.2, 0.25) is 0 Å². The average molecular weight is 238 g/mol. The van der Waals surface area contributed by atoms with Gasteiger partial charge in [-0.3, -0.25) is 0 Å². The van der Waals surface area contributed by atoms with E-state index in [-0.39, 0.29) is 6.61 Å². The molecule has 1 heterocycles. The Morgan fingerprint density at radius 2 is 2.29 bits per heavy atom. The molecule has 0 atom stereocenters. The van der Waals surface area contributed by atoms with Crippen molar-refractivity contribution in [2.24, 2.45) is 0 Å². The van der Waals surface area contributed by atoms with Crippen LogP contribution in [0, 0.1) is 5.82 Å². The number of hydrogen-bond acceptors (Lipinski definition) is 5. The summed E-state index contributed by atoms with van der Waals surface area (Å²) in [7, 11) is 1.47. The van der Waals surface area contributed by atoms with Crippen molar-refractivity contribution in [2.45, 2.75) is 6.42 Å². The van der Waals surface area contributed by atoms with Crippen LogP contribution in [-0.2, 0) is 6.42 Å². The van der Waals surface area contributed by atoms with E-state index in [4.69, 9.17) is 9.84 Å². The fourth-order valence-corrected chi connectivity index (χ4v) is 1.36. The van der Waals surface area contributed by atoms with Gasteiger partial charge in [0.25, 0.3) is 0 Å². The molecule has 1 aromatic heterocycles. The molecular weight excluding hydrogens is 227 g/mol. The van der Waals surface area contributed by atoms with Crippen LogP contribution in [0.15, 0.2) is 18.2 Å². The van der Waals surface area contributed by atoms with Crippen LogP contribution in [-0.4, -0.2) is 39.0 Å². The maximum atomic E-state index is 13.1. The zero-order valence-corrected chi connectivity index (χ0v) is 9.17. The van der Waals surface area contributed by atoms with E-state index in [0.29, 0.717) is 23.7 Å². The Balaban J connectivity index is 2.40. The lowest BCUT2D eigenvalue weighted by Crippen LogP contribution is -2.03. The van der Waals surface area contributed by atoms with Crippen LogP contribution in [0.5, 0.6) is 5.75 Å². The quantitative estimate of drug-likeness (QED) is 0.831. The molecule has 90 valence electrons. The van der Waals surface area contributed by atoms with Gasteiger partial charge in [-0.15, -0.1) is 15.0 Å². The number of halogens is 1. The number of tetrazole rings is 1. The molecule has 6 nitrogen and oxygen atoms in total. The number of aromatic nitrogens is 4. The topological polar surface area (TPSA) is 73.1 Å². The van der Waals surface area contributed by atoms with Crippen molar-refractivity contribution in [2.75, 3.05) is 13.7 Å². The number of ether oxygens (including phenoxy) is 1. The first-order valence-electron chi connectivity index (χ1n) is 4.98. The molecule has 0 amide bonds. The van der Waals surface area contributed by atoms with E-state index >= 15 is 0 Å². The zero-order valence-electron chi connectivity index (χ0n) is 9.17. The number of hydrogen-bond donors (Lipinski definition) is 1. The Morgan fingerprint density at radius 3 is 3.00 bits per heavy atom. The van der Waals surface area contributed by atoms with Crippen molar-refractivity contribution in [1.29, 1.82) is 0 Å². The van der Waals surface area contributed by atoms with Crippen molar-refractivity contribution in [3.63, 3.8) is 0 Å². The summed E-state index contributed by atoms with van der Waals surface area (Å²) < 4.78 is 18.2. The molecule has 0 unspecified atom stereocenters. The lowest BCUT2D eigenvalue weighted by Gasteiger charge is -2.05. The minimum Gasteiger partial charge on any atom is -0.494 e. The van der Waals surface area contributed by atoms with E-state index in [2.05, 4.69) is 15.4 Å². The molecule has 0 saturated carbocycles. The van der Waals surface area contributed by atoms with Gasteiger partial charge < -0.3 is 9.84 Å². The summed E-state index contributed by atoms with van der Waals surface area (Å²) in [5.74, 6) is 0.417. The van der Waals surface area contributed by atoms with Gasteiger partial charge in [0, 0.05) is 12.5 Å². The highest BCUT2D eigenvalue weighted by molar-refractivity contribution is 5.45. The first kappa shape index (κ1) is 11.5. The smallest absolute Gasteiger partial charge is 0.177 e. The van der Waals surface area contributed by atoms with Crippen molar-refractivity contribution in [3.05, 3.63) is 29.8 Å². The van der Waals surface area contributed by atoms with Crippen molar-refractivity contribution in [3.8, 4) is 11.4 Å². The third-order valence-corrected chi connectivity index (χ3v) is 2.15. The summed E-state index contributed by atoms with van der Waals surface area (Å²) in [6, 6.07) is 4.02. The maximum absolute atomic E-state index is 13.1. The second-order valence-electron chi connectivity index (χ2n) is 3.28. The summed E-state index contributed by atoms with van der Waals surface area (Å²) in [5, 5.41) is 20.3. The predicted molar refractivity (Wildman–Crippen MR) is 56.5 cm³/mol. The second-order valence-corrected chi connectivity index (χ2v) is 3.28. The van der Waals surface area contributed by atoms with E-state index < -0.39 is 5.82 Å². The third-order valence-electron chi connectivity index (χ3n) is 2.15. The summed E-state index contributed by atoms with van der Waals surface area (Å²) in [4.78, 5) is 1.17. The highest BCUT2D eigenvalue weighted by atomic mass is 19.1. The van der Waals surface area contributed by atoms with Crippen LogP contribution in [0.1, 0.15) is 5.82 Å². The van der Waals surface area contributed by atoms with E-state index in [1.54, 1.807) is 0 Å². The van der Waals surface area contributed by atoms with Gasteiger partial charge in [0.05, 0.1) is 13.7 Å². The van der Waals surface area contributed by atoms with Crippen molar-refractivity contribution >= 4 is 0 Å². The minimum absolute atomic E-state index is 0.0635.